The van der Waals surface area contributed by atoms with Gasteiger partial charge in [-0.1, -0.05) is 23.7 Å². The Balaban J connectivity index is 1.39. The molecule has 3 heterocycles. The van der Waals surface area contributed by atoms with Crippen molar-refractivity contribution in [3.8, 4) is 0 Å². The van der Waals surface area contributed by atoms with Gasteiger partial charge in [-0.15, -0.1) is 0 Å². The fraction of sp³-hybridized carbons (Fsp3) is 0. The van der Waals surface area contributed by atoms with Crippen molar-refractivity contribution in [2.45, 2.75) is 10.2 Å². The van der Waals surface area contributed by atoms with E-state index in [1.165, 1.54) is 24.2 Å². The second-order valence-corrected chi connectivity index (χ2v) is 6.71. The third kappa shape index (κ3) is 4.02. The van der Waals surface area contributed by atoms with Gasteiger partial charge in [-0.25, -0.2) is 15.4 Å². The monoisotopic (exact) mass is 397 g/mol. The molecule has 0 unspecified atom stereocenters. The van der Waals surface area contributed by atoms with Crippen molar-refractivity contribution in [2.24, 2.45) is 5.10 Å². The molecule has 7 nitrogen and oxygen atoms in total. The number of carbonyl (C=O) groups is 1. The molecule has 0 aliphatic rings. The second-order valence-electron chi connectivity index (χ2n) is 5.36. The molecule has 0 fully saturated rings. The van der Waals surface area contributed by atoms with Crippen LogP contribution in [0.15, 0.2) is 74.5 Å². The van der Waals surface area contributed by atoms with E-state index in [-0.39, 0.29) is 10.7 Å². The summed E-state index contributed by atoms with van der Waals surface area (Å²) in [5.74, 6) is 0.0407. The van der Waals surface area contributed by atoms with Gasteiger partial charge in [0.05, 0.1) is 22.8 Å². The van der Waals surface area contributed by atoms with E-state index >= 15 is 0 Å². The van der Waals surface area contributed by atoms with Gasteiger partial charge in [-0.2, -0.15) is 5.10 Å². The Labute approximate surface area is 162 Å². The summed E-state index contributed by atoms with van der Waals surface area (Å²) in [5.41, 5.74) is 4.49. The van der Waals surface area contributed by atoms with E-state index in [2.05, 4.69) is 25.5 Å². The number of aromatic nitrogens is 3. The predicted octanol–water partition coefficient (Wildman–Crippen LogP) is 4.12. The van der Waals surface area contributed by atoms with E-state index in [9.17, 15) is 4.79 Å². The molecule has 134 valence electrons. The predicted molar refractivity (Wildman–Crippen MR) is 103 cm³/mol. The first-order chi connectivity index (χ1) is 13.2. The smallest absolute Gasteiger partial charge is 0.274 e. The summed E-state index contributed by atoms with van der Waals surface area (Å²) in [7, 11) is 0. The van der Waals surface area contributed by atoms with E-state index in [1.807, 2.05) is 24.3 Å². The Morgan fingerprint density at radius 1 is 1.22 bits per heavy atom. The molecular formula is C18H12ClN5O2S. The molecule has 0 bridgehead atoms. The summed E-state index contributed by atoms with van der Waals surface area (Å²) in [4.78, 5) is 23.5. The Morgan fingerprint density at radius 2 is 2.11 bits per heavy atom. The topological polar surface area (TPSA) is 96.2 Å². The Morgan fingerprint density at radius 3 is 2.96 bits per heavy atom. The number of imidazole rings is 1. The lowest BCUT2D eigenvalue weighted by Gasteiger charge is -2.00. The number of para-hydroxylation sites is 2. The molecule has 1 amide bonds. The van der Waals surface area contributed by atoms with Gasteiger partial charge in [0.25, 0.3) is 5.91 Å². The Hall–Kier alpha value is -3.10. The zero-order valence-electron chi connectivity index (χ0n) is 13.7. The molecule has 1 aromatic carbocycles. The number of hydrogen-bond donors (Lipinski definition) is 2. The summed E-state index contributed by atoms with van der Waals surface area (Å²) >= 11 is 7.24. The molecule has 4 aromatic rings. The van der Waals surface area contributed by atoms with Crippen LogP contribution in [0.2, 0.25) is 5.15 Å². The number of nitrogens with one attached hydrogen (secondary N) is 2. The molecule has 0 aliphatic heterocycles. The number of benzene rings is 1. The van der Waals surface area contributed by atoms with Crippen molar-refractivity contribution < 1.29 is 9.21 Å². The van der Waals surface area contributed by atoms with Crippen molar-refractivity contribution in [1.29, 1.82) is 0 Å². The number of pyridine rings is 1. The number of carbonyl (C=O) groups excluding carboxylic acids is 1. The van der Waals surface area contributed by atoms with E-state index in [0.717, 1.165) is 16.2 Å². The first-order valence-corrected chi connectivity index (χ1v) is 9.05. The van der Waals surface area contributed by atoms with Crippen LogP contribution in [0.3, 0.4) is 0 Å². The highest BCUT2D eigenvalue weighted by atomic mass is 35.5. The second kappa shape index (κ2) is 7.65. The minimum Gasteiger partial charge on any atom is -0.448 e. The van der Waals surface area contributed by atoms with E-state index < -0.39 is 5.91 Å². The highest BCUT2D eigenvalue weighted by Gasteiger charge is 2.10. The number of rotatable bonds is 5. The van der Waals surface area contributed by atoms with Crippen LogP contribution in [0.1, 0.15) is 16.1 Å². The van der Waals surface area contributed by atoms with Crippen LogP contribution in [0, 0.1) is 0 Å². The molecule has 0 radical (unpaired) electrons. The summed E-state index contributed by atoms with van der Waals surface area (Å²) in [5, 5.41) is 5.38. The van der Waals surface area contributed by atoms with E-state index in [1.54, 1.807) is 24.3 Å². The number of H-pyrrole nitrogens is 1. The molecule has 0 spiro atoms. The van der Waals surface area contributed by atoms with Crippen LogP contribution < -0.4 is 5.43 Å². The fourth-order valence-corrected chi connectivity index (χ4v) is 3.28. The summed E-state index contributed by atoms with van der Waals surface area (Å²) < 4.78 is 5.66. The third-order valence-electron chi connectivity index (χ3n) is 3.53. The first kappa shape index (κ1) is 17.3. The van der Waals surface area contributed by atoms with Crippen LogP contribution >= 0.6 is 23.4 Å². The minimum absolute atomic E-state index is 0.118. The molecule has 0 aliphatic carbocycles. The lowest BCUT2D eigenvalue weighted by atomic mass is 10.3. The summed E-state index contributed by atoms with van der Waals surface area (Å²) in [6.07, 6.45) is 2.91. The number of halogens is 1. The minimum atomic E-state index is -0.451. The Kier molecular flexibility index (Phi) is 4.91. The number of amides is 1. The molecule has 2 N–H and O–H groups in total. The average Bonchev–Trinajstić information content (AvgIpc) is 3.28. The van der Waals surface area contributed by atoms with Gasteiger partial charge >= 0.3 is 0 Å². The van der Waals surface area contributed by atoms with Gasteiger partial charge in [0.1, 0.15) is 10.9 Å². The van der Waals surface area contributed by atoms with Gasteiger partial charge in [0, 0.05) is 6.20 Å². The van der Waals surface area contributed by atoms with Crippen LogP contribution in [-0.2, 0) is 0 Å². The lowest BCUT2D eigenvalue weighted by Crippen LogP contribution is -2.18. The van der Waals surface area contributed by atoms with Gasteiger partial charge in [-0.05, 0) is 48.2 Å². The number of nitrogens with zero attached hydrogens (tertiary/aromatic N) is 3. The van der Waals surface area contributed by atoms with Crippen LogP contribution in [0.4, 0.5) is 0 Å². The molecule has 0 saturated heterocycles. The van der Waals surface area contributed by atoms with E-state index in [4.69, 9.17) is 16.0 Å². The number of fused-ring (bicyclic) bond motifs is 1. The zero-order chi connectivity index (χ0) is 18.6. The molecular weight excluding hydrogens is 386 g/mol. The highest BCUT2D eigenvalue weighted by molar-refractivity contribution is 7.99. The molecule has 3 aromatic heterocycles. The molecule has 0 saturated carbocycles. The molecule has 9 heteroatoms. The highest BCUT2D eigenvalue weighted by Crippen LogP contribution is 2.28. The number of furan rings is 1. The van der Waals surface area contributed by atoms with Gasteiger partial charge in [0.15, 0.2) is 10.2 Å². The largest absolute Gasteiger partial charge is 0.448 e. The van der Waals surface area contributed by atoms with Crippen LogP contribution in [-0.4, -0.2) is 27.1 Å². The Bertz CT molecular complexity index is 1100. The van der Waals surface area contributed by atoms with E-state index in [0.29, 0.717) is 10.9 Å². The fourth-order valence-electron chi connectivity index (χ4n) is 2.30. The van der Waals surface area contributed by atoms with Crippen molar-refractivity contribution in [3.63, 3.8) is 0 Å². The SMILES string of the molecule is O=C(NN=Cc1ccc(Sc2nc3ccccc3[nH]2)o1)c1cccnc1Cl. The van der Waals surface area contributed by atoms with Crippen LogP contribution in [0.5, 0.6) is 0 Å². The van der Waals surface area contributed by atoms with Gasteiger partial charge < -0.3 is 9.40 Å². The number of aromatic amines is 1. The van der Waals surface area contributed by atoms with Crippen LogP contribution in [0.25, 0.3) is 11.0 Å². The van der Waals surface area contributed by atoms with Crippen molar-refractivity contribution in [1.82, 2.24) is 20.4 Å². The van der Waals surface area contributed by atoms with Crippen molar-refractivity contribution in [3.05, 3.63) is 71.2 Å². The van der Waals surface area contributed by atoms with Gasteiger partial charge in [0.2, 0.25) is 0 Å². The molecule has 4 rings (SSSR count). The van der Waals surface area contributed by atoms with Crippen molar-refractivity contribution >= 4 is 46.5 Å². The lowest BCUT2D eigenvalue weighted by molar-refractivity contribution is 0.0955. The van der Waals surface area contributed by atoms with Gasteiger partial charge in [-0.3, -0.25) is 4.79 Å². The summed E-state index contributed by atoms with van der Waals surface area (Å²) in [6.45, 7) is 0. The number of hydrogen-bond acceptors (Lipinski definition) is 6. The maximum atomic E-state index is 12.0. The maximum absolute atomic E-state index is 12.0. The average molecular weight is 398 g/mol. The quantitative estimate of drug-likeness (QED) is 0.300. The third-order valence-corrected chi connectivity index (χ3v) is 4.64. The molecule has 27 heavy (non-hydrogen) atoms. The zero-order valence-corrected chi connectivity index (χ0v) is 15.3. The molecule has 0 atom stereocenters. The first-order valence-electron chi connectivity index (χ1n) is 7.85. The maximum Gasteiger partial charge on any atom is 0.274 e. The van der Waals surface area contributed by atoms with Crippen molar-refractivity contribution in [2.75, 3.05) is 0 Å². The summed E-state index contributed by atoms with van der Waals surface area (Å²) in [6, 6.07) is 14.5. The number of hydrazone groups is 1. The standard InChI is InChI=1S/C18H12ClN5O2S/c19-16-12(4-3-9-20-16)17(25)24-21-10-11-7-8-15(26-11)27-18-22-13-5-1-2-6-14(13)23-18/h1-10H,(H,22,23)(H,24,25). The normalized spacial score (nSPS) is 11.3.